The second-order valence-corrected chi connectivity index (χ2v) is 5.74. The summed E-state index contributed by atoms with van der Waals surface area (Å²) in [5, 5.41) is 8.26. The molecule has 0 radical (unpaired) electrons. The molecule has 23 heavy (non-hydrogen) atoms. The number of imidazole rings is 1. The van der Waals surface area contributed by atoms with Gasteiger partial charge in [0.05, 0.1) is 23.6 Å². The van der Waals surface area contributed by atoms with E-state index < -0.39 is 0 Å². The minimum absolute atomic E-state index is 0.0803. The van der Waals surface area contributed by atoms with Gasteiger partial charge in [0.2, 0.25) is 0 Å². The van der Waals surface area contributed by atoms with Gasteiger partial charge in [0.1, 0.15) is 5.52 Å². The van der Waals surface area contributed by atoms with Crippen molar-refractivity contribution in [2.75, 3.05) is 0 Å². The molecule has 5 heteroatoms. The van der Waals surface area contributed by atoms with Gasteiger partial charge in [-0.3, -0.25) is 0 Å². The van der Waals surface area contributed by atoms with Crippen molar-refractivity contribution in [2.24, 2.45) is 7.05 Å². The van der Waals surface area contributed by atoms with Crippen LogP contribution in [0.25, 0.3) is 11.0 Å². The van der Waals surface area contributed by atoms with Crippen LogP contribution in [0.2, 0.25) is 0 Å². The number of hydrogen-bond donors (Lipinski definition) is 0. The number of fused-ring (bicyclic) bond motifs is 1. The van der Waals surface area contributed by atoms with E-state index in [0.717, 1.165) is 16.7 Å². The topological polar surface area (TPSA) is 48.5 Å². The zero-order valence-corrected chi connectivity index (χ0v) is 13.1. The molecular weight excluding hydrogens is 286 g/mol. The number of rotatable bonds is 3. The lowest BCUT2D eigenvalue weighted by Gasteiger charge is -2.19. The molecule has 5 nitrogen and oxygen atoms in total. The molecule has 0 saturated heterocycles. The lowest BCUT2D eigenvalue weighted by atomic mass is 9.98. The third-order valence-corrected chi connectivity index (χ3v) is 4.09. The van der Waals surface area contributed by atoms with Crippen LogP contribution < -0.4 is 0 Å². The lowest BCUT2D eigenvalue weighted by molar-refractivity contribution is 0.676. The molecule has 4 aromatic rings. The van der Waals surface area contributed by atoms with Gasteiger partial charge in [-0.05, 0) is 30.2 Å². The summed E-state index contributed by atoms with van der Waals surface area (Å²) in [5.41, 5.74) is 5.35. The van der Waals surface area contributed by atoms with E-state index in [0.29, 0.717) is 0 Å². The Kier molecular flexibility index (Phi) is 3.19. The van der Waals surface area contributed by atoms with Crippen LogP contribution in [0.5, 0.6) is 0 Å². The molecule has 2 aromatic carbocycles. The fourth-order valence-corrected chi connectivity index (χ4v) is 2.97. The zero-order valence-electron chi connectivity index (χ0n) is 13.1. The highest BCUT2D eigenvalue weighted by atomic mass is 15.4. The van der Waals surface area contributed by atoms with Gasteiger partial charge in [-0.15, -0.1) is 5.10 Å². The Balaban J connectivity index is 1.91. The van der Waals surface area contributed by atoms with Crippen LogP contribution in [0.15, 0.2) is 61.1 Å². The first-order valence-corrected chi connectivity index (χ1v) is 7.57. The highest BCUT2D eigenvalue weighted by molar-refractivity contribution is 5.75. The molecule has 4 rings (SSSR count). The Morgan fingerprint density at radius 3 is 2.57 bits per heavy atom. The number of aryl methyl sites for hydroxylation is 2. The molecule has 0 bridgehead atoms. The molecule has 0 fully saturated rings. The summed E-state index contributed by atoms with van der Waals surface area (Å²) in [5.74, 6) is 0. The van der Waals surface area contributed by atoms with E-state index in [1.165, 1.54) is 11.1 Å². The quantitative estimate of drug-likeness (QED) is 0.584. The summed E-state index contributed by atoms with van der Waals surface area (Å²) in [7, 11) is 1.91. The van der Waals surface area contributed by atoms with Crippen molar-refractivity contribution in [2.45, 2.75) is 13.0 Å². The average Bonchev–Trinajstić information content (AvgIpc) is 3.16. The van der Waals surface area contributed by atoms with Gasteiger partial charge in [0.25, 0.3) is 0 Å². The second-order valence-electron chi connectivity index (χ2n) is 5.74. The Bertz CT molecular complexity index is 952. The molecule has 0 aliphatic carbocycles. The highest BCUT2D eigenvalue weighted by Gasteiger charge is 2.17. The van der Waals surface area contributed by atoms with Gasteiger partial charge < -0.3 is 4.57 Å². The van der Waals surface area contributed by atoms with Crippen molar-refractivity contribution in [3.8, 4) is 0 Å². The molecule has 0 N–H and O–H groups in total. The number of nitrogens with zero attached hydrogens (tertiary/aromatic N) is 5. The Morgan fingerprint density at radius 2 is 1.83 bits per heavy atom. The van der Waals surface area contributed by atoms with Crippen LogP contribution in [0.4, 0.5) is 0 Å². The highest BCUT2D eigenvalue weighted by Crippen LogP contribution is 2.28. The fourth-order valence-electron chi connectivity index (χ4n) is 2.97. The molecule has 2 heterocycles. The summed E-state index contributed by atoms with van der Waals surface area (Å²) >= 11 is 0. The predicted molar refractivity (Wildman–Crippen MR) is 89.2 cm³/mol. The van der Waals surface area contributed by atoms with E-state index in [1.807, 2.05) is 32.4 Å². The molecule has 0 amide bonds. The van der Waals surface area contributed by atoms with E-state index in [1.54, 1.807) is 4.68 Å². The first kappa shape index (κ1) is 13.7. The molecular formula is C18H17N5. The van der Waals surface area contributed by atoms with Crippen molar-refractivity contribution in [3.63, 3.8) is 0 Å². The van der Waals surface area contributed by atoms with Crippen molar-refractivity contribution in [1.82, 2.24) is 24.5 Å². The van der Waals surface area contributed by atoms with Crippen molar-refractivity contribution >= 4 is 11.0 Å². The summed E-state index contributed by atoms with van der Waals surface area (Å²) in [6.07, 6.45) is 3.96. The summed E-state index contributed by atoms with van der Waals surface area (Å²) < 4.78 is 3.95. The smallest absolute Gasteiger partial charge is 0.113 e. The van der Waals surface area contributed by atoms with Gasteiger partial charge in [-0.25, -0.2) is 9.67 Å². The molecule has 2 aromatic heterocycles. The summed E-state index contributed by atoms with van der Waals surface area (Å²) in [6, 6.07) is 16.8. The third-order valence-electron chi connectivity index (χ3n) is 4.09. The second kappa shape index (κ2) is 5.35. The van der Waals surface area contributed by atoms with E-state index in [4.69, 9.17) is 0 Å². The fraction of sp³-hybridized carbons (Fsp3) is 0.167. The SMILES string of the molecule is Cc1cn(C(c2ccccc2)c2ccc3nnn(C)c3c2)cn1. The molecule has 1 unspecified atom stereocenters. The first-order valence-electron chi connectivity index (χ1n) is 7.57. The maximum absolute atomic E-state index is 4.39. The molecule has 114 valence electrons. The van der Waals surface area contributed by atoms with Crippen LogP contribution in [-0.4, -0.2) is 24.5 Å². The molecule has 0 spiro atoms. The number of benzene rings is 2. The van der Waals surface area contributed by atoms with Gasteiger partial charge in [-0.1, -0.05) is 41.6 Å². The van der Waals surface area contributed by atoms with Crippen LogP contribution in [0, 0.1) is 6.92 Å². The summed E-state index contributed by atoms with van der Waals surface area (Å²) in [4.78, 5) is 4.39. The van der Waals surface area contributed by atoms with Crippen molar-refractivity contribution in [1.29, 1.82) is 0 Å². The maximum Gasteiger partial charge on any atom is 0.113 e. The van der Waals surface area contributed by atoms with Crippen LogP contribution in [-0.2, 0) is 7.05 Å². The van der Waals surface area contributed by atoms with Gasteiger partial charge in [-0.2, -0.15) is 0 Å². The van der Waals surface area contributed by atoms with Crippen LogP contribution in [0.3, 0.4) is 0 Å². The van der Waals surface area contributed by atoms with Gasteiger partial charge >= 0.3 is 0 Å². The van der Waals surface area contributed by atoms with Crippen molar-refractivity contribution < 1.29 is 0 Å². The number of aromatic nitrogens is 5. The first-order chi connectivity index (χ1) is 11.2. The zero-order chi connectivity index (χ0) is 15.8. The van der Waals surface area contributed by atoms with Crippen LogP contribution in [0.1, 0.15) is 22.9 Å². The van der Waals surface area contributed by atoms with E-state index in [9.17, 15) is 0 Å². The van der Waals surface area contributed by atoms with Gasteiger partial charge in [0.15, 0.2) is 0 Å². The normalized spacial score (nSPS) is 12.6. The maximum atomic E-state index is 4.39. The number of hydrogen-bond acceptors (Lipinski definition) is 3. The standard InChI is InChI=1S/C18H17N5/c1-13-11-23(12-19-13)18(14-6-4-3-5-7-14)15-8-9-16-17(10-15)22(2)21-20-16/h3-12,18H,1-2H3. The Labute approximate surface area is 134 Å². The van der Waals surface area contributed by atoms with E-state index >= 15 is 0 Å². The van der Waals surface area contributed by atoms with Crippen LogP contribution >= 0.6 is 0 Å². The molecule has 0 aliphatic heterocycles. The Morgan fingerprint density at radius 1 is 1.00 bits per heavy atom. The van der Waals surface area contributed by atoms with Gasteiger partial charge in [0, 0.05) is 13.2 Å². The van der Waals surface area contributed by atoms with Crippen molar-refractivity contribution in [3.05, 3.63) is 77.9 Å². The molecule has 1 atom stereocenters. The molecule has 0 aliphatic rings. The minimum Gasteiger partial charge on any atom is -0.326 e. The largest absolute Gasteiger partial charge is 0.326 e. The average molecular weight is 303 g/mol. The summed E-state index contributed by atoms with van der Waals surface area (Å²) in [6.45, 7) is 2.01. The minimum atomic E-state index is 0.0803. The van der Waals surface area contributed by atoms with E-state index in [2.05, 4.69) is 62.5 Å². The lowest BCUT2D eigenvalue weighted by Crippen LogP contribution is -2.10. The third kappa shape index (κ3) is 2.40. The van der Waals surface area contributed by atoms with E-state index in [-0.39, 0.29) is 6.04 Å². The predicted octanol–water partition coefficient (Wildman–Crippen LogP) is 3.11. The molecule has 0 saturated carbocycles. The Hall–Kier alpha value is -2.95. The monoisotopic (exact) mass is 303 g/mol.